The van der Waals surface area contributed by atoms with E-state index in [2.05, 4.69) is 6.07 Å². The van der Waals surface area contributed by atoms with Gasteiger partial charge in [0, 0.05) is 17.7 Å². The van der Waals surface area contributed by atoms with Crippen molar-refractivity contribution >= 4 is 11.5 Å². The molecule has 2 aromatic carbocycles. The number of carbonyl (C=O) groups excluding carboxylic acids is 1. The maximum atomic E-state index is 13.2. The molecule has 1 atom stereocenters. The summed E-state index contributed by atoms with van der Waals surface area (Å²) in [6.45, 7) is 2.17. The lowest BCUT2D eigenvalue weighted by Crippen LogP contribution is -2.39. The first-order chi connectivity index (χ1) is 14.6. The van der Waals surface area contributed by atoms with Crippen LogP contribution in [0.5, 0.6) is 11.5 Å². The van der Waals surface area contributed by atoms with Gasteiger partial charge in [-0.3, -0.25) is 9.69 Å². The first-order valence-corrected chi connectivity index (χ1v) is 10.0. The predicted molar refractivity (Wildman–Crippen MR) is 112 cm³/mol. The van der Waals surface area contributed by atoms with Gasteiger partial charge in [-0.25, -0.2) is 0 Å². The third-order valence-corrected chi connectivity index (χ3v) is 6.00. The summed E-state index contributed by atoms with van der Waals surface area (Å²) in [5.41, 5.74) is 11.3. The van der Waals surface area contributed by atoms with Gasteiger partial charge < -0.3 is 15.2 Å². The largest absolute Gasteiger partial charge is 0.454 e. The lowest BCUT2D eigenvalue weighted by Gasteiger charge is -2.40. The fourth-order valence-electron chi connectivity index (χ4n) is 4.60. The second-order valence-electron chi connectivity index (χ2n) is 7.72. The summed E-state index contributed by atoms with van der Waals surface area (Å²) in [6.07, 6.45) is 1.97. The molecule has 0 fully saturated rings. The summed E-state index contributed by atoms with van der Waals surface area (Å²) in [7, 11) is 0. The molecule has 0 saturated carbocycles. The summed E-state index contributed by atoms with van der Waals surface area (Å²) in [6, 6.07) is 15.7. The number of nitrogens with zero attached hydrogens (tertiary/aromatic N) is 2. The average molecular weight is 399 g/mol. The quantitative estimate of drug-likeness (QED) is 0.820. The van der Waals surface area contributed by atoms with E-state index >= 15 is 0 Å². The minimum absolute atomic E-state index is 0.0674. The SMILES string of the molecule is Cc1ccccc1N1C(N)=C(C#N)[C@H](c2ccc3c(c2)OCO3)C2=C1CCCC2=O. The zero-order valence-electron chi connectivity index (χ0n) is 16.6. The maximum absolute atomic E-state index is 13.2. The zero-order valence-corrected chi connectivity index (χ0v) is 16.6. The van der Waals surface area contributed by atoms with Crippen LogP contribution in [0.2, 0.25) is 0 Å². The van der Waals surface area contributed by atoms with Gasteiger partial charge in [0.05, 0.1) is 23.2 Å². The number of aryl methyl sites for hydroxylation is 1. The lowest BCUT2D eigenvalue weighted by atomic mass is 9.75. The fraction of sp³-hybridized carbons (Fsp3) is 0.250. The van der Waals surface area contributed by atoms with Crippen LogP contribution in [-0.2, 0) is 4.79 Å². The Morgan fingerprint density at radius 1 is 1.13 bits per heavy atom. The first kappa shape index (κ1) is 18.3. The number of ketones is 1. The molecule has 2 aromatic rings. The van der Waals surface area contributed by atoms with Crippen LogP contribution in [-0.4, -0.2) is 12.6 Å². The number of para-hydroxylation sites is 1. The van der Waals surface area contributed by atoms with Crippen molar-refractivity contribution in [2.45, 2.75) is 32.1 Å². The van der Waals surface area contributed by atoms with Crippen LogP contribution < -0.4 is 20.1 Å². The number of hydrogen-bond donors (Lipinski definition) is 1. The van der Waals surface area contributed by atoms with E-state index in [-0.39, 0.29) is 12.6 Å². The summed E-state index contributed by atoms with van der Waals surface area (Å²) < 4.78 is 11.0. The molecule has 1 aliphatic carbocycles. The Bertz CT molecular complexity index is 1170. The van der Waals surface area contributed by atoms with Gasteiger partial charge in [-0.2, -0.15) is 5.26 Å². The van der Waals surface area contributed by atoms with Gasteiger partial charge in [0.25, 0.3) is 0 Å². The number of allylic oxidation sites excluding steroid dienone is 3. The zero-order chi connectivity index (χ0) is 20.8. The average Bonchev–Trinajstić information content (AvgIpc) is 3.22. The molecule has 0 spiro atoms. The van der Waals surface area contributed by atoms with Gasteiger partial charge in [-0.05, 0) is 49.1 Å². The van der Waals surface area contributed by atoms with Gasteiger partial charge in [-0.1, -0.05) is 24.3 Å². The van der Waals surface area contributed by atoms with Crippen LogP contribution >= 0.6 is 0 Å². The number of anilines is 1. The molecule has 150 valence electrons. The molecule has 0 bridgehead atoms. The Kier molecular flexibility index (Phi) is 4.25. The monoisotopic (exact) mass is 399 g/mol. The molecule has 6 nitrogen and oxygen atoms in total. The molecule has 2 N–H and O–H groups in total. The number of nitrogens with two attached hydrogens (primary N) is 1. The first-order valence-electron chi connectivity index (χ1n) is 10.0. The molecular weight excluding hydrogens is 378 g/mol. The molecule has 2 aliphatic heterocycles. The number of fused-ring (bicyclic) bond motifs is 1. The number of nitriles is 1. The lowest BCUT2D eigenvalue weighted by molar-refractivity contribution is -0.116. The van der Waals surface area contributed by atoms with Crippen LogP contribution in [0.25, 0.3) is 0 Å². The van der Waals surface area contributed by atoms with Gasteiger partial charge in [0.15, 0.2) is 17.3 Å². The van der Waals surface area contributed by atoms with E-state index in [4.69, 9.17) is 15.2 Å². The van der Waals surface area contributed by atoms with Crippen molar-refractivity contribution in [3.05, 3.63) is 76.3 Å². The van der Waals surface area contributed by atoms with Gasteiger partial charge in [0.1, 0.15) is 5.82 Å². The molecule has 2 heterocycles. The fourth-order valence-corrected chi connectivity index (χ4v) is 4.60. The summed E-state index contributed by atoms with van der Waals surface area (Å²) in [5, 5.41) is 10.1. The molecular formula is C24H21N3O3. The molecule has 0 aromatic heterocycles. The number of benzene rings is 2. The van der Waals surface area contributed by atoms with Crippen molar-refractivity contribution in [2.24, 2.45) is 5.73 Å². The van der Waals surface area contributed by atoms with Crippen LogP contribution in [0, 0.1) is 18.3 Å². The predicted octanol–water partition coefficient (Wildman–Crippen LogP) is 4.03. The van der Waals surface area contributed by atoms with Crippen LogP contribution in [0.3, 0.4) is 0 Å². The Hall–Kier alpha value is -3.72. The van der Waals surface area contributed by atoms with Crippen LogP contribution in [0.15, 0.2) is 65.1 Å². The second-order valence-corrected chi connectivity index (χ2v) is 7.72. The minimum atomic E-state index is -0.507. The van der Waals surface area contributed by atoms with Gasteiger partial charge in [0.2, 0.25) is 6.79 Å². The van der Waals surface area contributed by atoms with E-state index in [1.165, 1.54) is 0 Å². The number of ether oxygens (including phenoxy) is 2. The van der Waals surface area contributed by atoms with E-state index in [0.717, 1.165) is 35.4 Å². The minimum Gasteiger partial charge on any atom is -0.454 e. The third-order valence-electron chi connectivity index (χ3n) is 6.00. The van der Waals surface area contributed by atoms with Crippen molar-refractivity contribution in [2.75, 3.05) is 11.7 Å². The van der Waals surface area contributed by atoms with E-state index in [1.54, 1.807) is 0 Å². The molecule has 5 rings (SSSR count). The van der Waals surface area contributed by atoms with E-state index in [1.807, 2.05) is 54.3 Å². The molecule has 6 heteroatoms. The Morgan fingerprint density at radius 2 is 1.93 bits per heavy atom. The standard InChI is InChI=1S/C24H21N3O3/c1-14-5-2-3-6-17(14)27-18-7-4-8-19(28)23(18)22(16(12-25)24(27)26)15-9-10-20-21(11-15)30-13-29-20/h2-3,5-6,9-11,22H,4,7-8,13,26H2,1H3/t22-/m0/s1. The Morgan fingerprint density at radius 3 is 2.73 bits per heavy atom. The normalized spacial score (nSPS) is 20.3. The number of rotatable bonds is 2. The van der Waals surface area contributed by atoms with Crippen molar-refractivity contribution < 1.29 is 14.3 Å². The Balaban J connectivity index is 1.74. The molecule has 0 radical (unpaired) electrons. The van der Waals surface area contributed by atoms with Crippen molar-refractivity contribution in [3.63, 3.8) is 0 Å². The highest BCUT2D eigenvalue weighted by Gasteiger charge is 2.40. The number of carbonyl (C=O) groups is 1. The maximum Gasteiger partial charge on any atom is 0.231 e. The summed E-state index contributed by atoms with van der Waals surface area (Å²) >= 11 is 0. The molecule has 3 aliphatic rings. The summed E-state index contributed by atoms with van der Waals surface area (Å²) in [4.78, 5) is 15.1. The van der Waals surface area contributed by atoms with E-state index < -0.39 is 5.92 Å². The summed E-state index contributed by atoms with van der Waals surface area (Å²) in [5.74, 6) is 1.22. The van der Waals surface area contributed by atoms with Crippen molar-refractivity contribution in [3.8, 4) is 17.6 Å². The second kappa shape index (κ2) is 6.96. The van der Waals surface area contributed by atoms with Crippen LogP contribution in [0.1, 0.15) is 36.3 Å². The molecule has 0 amide bonds. The van der Waals surface area contributed by atoms with Gasteiger partial charge in [-0.15, -0.1) is 0 Å². The van der Waals surface area contributed by atoms with Crippen molar-refractivity contribution in [1.29, 1.82) is 5.26 Å². The van der Waals surface area contributed by atoms with E-state index in [0.29, 0.717) is 34.9 Å². The van der Waals surface area contributed by atoms with Crippen molar-refractivity contribution in [1.82, 2.24) is 0 Å². The smallest absolute Gasteiger partial charge is 0.231 e. The Labute approximate surface area is 174 Å². The number of Topliss-reactive ketones (excluding diaryl/α,β-unsaturated/α-hetero) is 1. The molecule has 0 saturated heterocycles. The number of hydrogen-bond acceptors (Lipinski definition) is 6. The molecule has 0 unspecified atom stereocenters. The highest BCUT2D eigenvalue weighted by Crippen LogP contribution is 2.48. The third kappa shape index (κ3) is 2.66. The molecule has 30 heavy (non-hydrogen) atoms. The van der Waals surface area contributed by atoms with Gasteiger partial charge >= 0.3 is 0 Å². The van der Waals surface area contributed by atoms with E-state index in [9.17, 15) is 10.1 Å². The highest BCUT2D eigenvalue weighted by molar-refractivity contribution is 6.01. The van der Waals surface area contributed by atoms with Crippen LogP contribution in [0.4, 0.5) is 5.69 Å². The topological polar surface area (TPSA) is 88.6 Å². The highest BCUT2D eigenvalue weighted by atomic mass is 16.7.